The monoisotopic (exact) mass is 326 g/mol. The van der Waals surface area contributed by atoms with E-state index in [-0.39, 0.29) is 6.10 Å². The number of aliphatic hydroxyl groups excluding tert-OH is 1. The minimum absolute atomic E-state index is 0.158. The molecule has 1 atom stereocenters. The lowest BCUT2D eigenvalue weighted by atomic mass is 10.1. The minimum Gasteiger partial charge on any atom is -0.481 e. The molecule has 0 heterocycles. The highest BCUT2D eigenvalue weighted by Crippen LogP contribution is 2.11. The summed E-state index contributed by atoms with van der Waals surface area (Å²) in [7, 11) is 0. The zero-order valence-electron chi connectivity index (χ0n) is 15.1. The molecule has 0 aliphatic carbocycles. The summed E-state index contributed by atoms with van der Waals surface area (Å²) in [5.74, 6) is -0.678. The predicted molar refractivity (Wildman–Crippen MR) is 97.7 cm³/mol. The van der Waals surface area contributed by atoms with Gasteiger partial charge in [-0.15, -0.1) is 0 Å². The van der Waals surface area contributed by atoms with E-state index in [2.05, 4.69) is 19.1 Å². The number of carboxylic acid groups (broad SMARTS) is 1. The lowest BCUT2D eigenvalue weighted by molar-refractivity contribution is -0.137. The third-order valence-electron chi connectivity index (χ3n) is 4.23. The largest absolute Gasteiger partial charge is 0.481 e. The lowest BCUT2D eigenvalue weighted by Gasteiger charge is -2.07. The van der Waals surface area contributed by atoms with E-state index in [9.17, 15) is 9.90 Å². The number of unbranched alkanes of at least 4 members (excludes halogenated alkanes) is 10. The molecule has 3 heteroatoms. The van der Waals surface area contributed by atoms with Crippen LogP contribution in [0, 0.1) is 0 Å². The second-order valence-corrected chi connectivity index (χ2v) is 6.62. The Kier molecular flexibility index (Phi) is 16.9. The first-order valence-electron chi connectivity index (χ1n) is 9.71. The van der Waals surface area contributed by atoms with Crippen molar-refractivity contribution in [2.24, 2.45) is 0 Å². The van der Waals surface area contributed by atoms with Crippen LogP contribution in [0.4, 0.5) is 0 Å². The quantitative estimate of drug-likeness (QED) is 0.260. The number of hydrogen-bond donors (Lipinski definition) is 2. The van der Waals surface area contributed by atoms with Crippen molar-refractivity contribution in [2.45, 2.75) is 109 Å². The predicted octanol–water partition coefficient (Wildman–Crippen LogP) is 5.86. The summed E-state index contributed by atoms with van der Waals surface area (Å²) >= 11 is 0. The van der Waals surface area contributed by atoms with E-state index >= 15 is 0 Å². The SMILES string of the molecule is CCCCCCC(O)C/C=C/CCCCCCCCCC(=O)O. The van der Waals surface area contributed by atoms with Gasteiger partial charge in [-0.25, -0.2) is 0 Å². The Balaban J connectivity index is 3.23. The van der Waals surface area contributed by atoms with Crippen LogP contribution in [0.2, 0.25) is 0 Å². The van der Waals surface area contributed by atoms with E-state index in [1.165, 1.54) is 44.9 Å². The van der Waals surface area contributed by atoms with E-state index in [4.69, 9.17) is 5.11 Å². The molecule has 0 aliphatic heterocycles. The molecule has 0 spiro atoms. The molecule has 0 aromatic rings. The Morgan fingerprint density at radius 2 is 1.48 bits per heavy atom. The highest BCUT2D eigenvalue weighted by Gasteiger charge is 2.00. The molecule has 0 aliphatic rings. The van der Waals surface area contributed by atoms with Crippen LogP contribution < -0.4 is 0 Å². The number of hydrogen-bond acceptors (Lipinski definition) is 2. The summed E-state index contributed by atoms with van der Waals surface area (Å²) in [6.45, 7) is 2.21. The molecule has 0 amide bonds. The summed E-state index contributed by atoms with van der Waals surface area (Å²) in [6.07, 6.45) is 20.2. The van der Waals surface area contributed by atoms with Gasteiger partial charge in [0.1, 0.15) is 0 Å². The van der Waals surface area contributed by atoms with Gasteiger partial charge in [-0.1, -0.05) is 76.9 Å². The van der Waals surface area contributed by atoms with E-state index in [1.54, 1.807) is 0 Å². The molecule has 0 fully saturated rings. The van der Waals surface area contributed by atoms with Crippen LogP contribution in [0.1, 0.15) is 103 Å². The normalized spacial score (nSPS) is 12.8. The van der Waals surface area contributed by atoms with Gasteiger partial charge in [0.15, 0.2) is 0 Å². The Morgan fingerprint density at radius 1 is 0.870 bits per heavy atom. The Labute approximate surface area is 143 Å². The fourth-order valence-corrected chi connectivity index (χ4v) is 2.72. The van der Waals surface area contributed by atoms with Gasteiger partial charge in [0.25, 0.3) is 0 Å². The number of carbonyl (C=O) groups is 1. The first-order chi connectivity index (χ1) is 11.2. The number of aliphatic carboxylic acids is 1. The average Bonchev–Trinajstić information content (AvgIpc) is 2.52. The second kappa shape index (κ2) is 17.5. The Bertz CT molecular complexity index is 287. The maximum Gasteiger partial charge on any atom is 0.303 e. The van der Waals surface area contributed by atoms with Crippen LogP contribution in [-0.2, 0) is 4.79 Å². The van der Waals surface area contributed by atoms with Crippen LogP contribution >= 0.6 is 0 Å². The van der Waals surface area contributed by atoms with Crippen molar-refractivity contribution >= 4 is 5.97 Å². The van der Waals surface area contributed by atoms with Gasteiger partial charge >= 0.3 is 5.97 Å². The molecule has 1 unspecified atom stereocenters. The molecule has 0 bridgehead atoms. The fraction of sp³-hybridized carbons (Fsp3) is 0.850. The van der Waals surface area contributed by atoms with Gasteiger partial charge < -0.3 is 10.2 Å². The minimum atomic E-state index is -0.678. The topological polar surface area (TPSA) is 57.5 Å². The number of aliphatic hydroxyl groups is 1. The van der Waals surface area contributed by atoms with Crippen molar-refractivity contribution < 1.29 is 15.0 Å². The summed E-state index contributed by atoms with van der Waals surface area (Å²) in [5, 5.41) is 18.4. The second-order valence-electron chi connectivity index (χ2n) is 6.62. The van der Waals surface area contributed by atoms with Crippen molar-refractivity contribution in [3.05, 3.63) is 12.2 Å². The number of carboxylic acids is 1. The molecular formula is C20H38O3. The van der Waals surface area contributed by atoms with E-state index in [0.29, 0.717) is 6.42 Å². The van der Waals surface area contributed by atoms with Gasteiger partial charge in [0.05, 0.1) is 6.10 Å². The van der Waals surface area contributed by atoms with Crippen LogP contribution in [0.5, 0.6) is 0 Å². The molecule has 0 aromatic heterocycles. The molecule has 0 rings (SSSR count). The smallest absolute Gasteiger partial charge is 0.303 e. The molecule has 2 N–H and O–H groups in total. The van der Waals surface area contributed by atoms with E-state index in [1.807, 2.05) is 0 Å². The third kappa shape index (κ3) is 19.1. The van der Waals surface area contributed by atoms with Crippen LogP contribution in [0.15, 0.2) is 12.2 Å². The van der Waals surface area contributed by atoms with Crippen LogP contribution in [0.25, 0.3) is 0 Å². The molecular weight excluding hydrogens is 288 g/mol. The standard InChI is InChI=1S/C20H38O3/c1-2-3-4-13-16-19(21)17-14-11-9-7-5-6-8-10-12-15-18-20(22)23/h11,14,19,21H,2-10,12-13,15-18H2,1H3,(H,22,23)/b14-11+. The highest BCUT2D eigenvalue weighted by molar-refractivity contribution is 5.66. The molecule has 0 radical (unpaired) electrons. The zero-order valence-corrected chi connectivity index (χ0v) is 15.1. The fourth-order valence-electron chi connectivity index (χ4n) is 2.72. The number of rotatable bonds is 17. The summed E-state index contributed by atoms with van der Waals surface area (Å²) in [5.41, 5.74) is 0. The third-order valence-corrected chi connectivity index (χ3v) is 4.23. The first kappa shape index (κ1) is 22.2. The van der Waals surface area contributed by atoms with Crippen molar-refractivity contribution in [3.8, 4) is 0 Å². The molecule has 23 heavy (non-hydrogen) atoms. The summed E-state index contributed by atoms with van der Waals surface area (Å²) in [6, 6.07) is 0. The van der Waals surface area contributed by atoms with Gasteiger partial charge in [0, 0.05) is 6.42 Å². The molecule has 0 aromatic carbocycles. The summed E-state index contributed by atoms with van der Waals surface area (Å²) < 4.78 is 0. The van der Waals surface area contributed by atoms with E-state index < -0.39 is 5.97 Å². The van der Waals surface area contributed by atoms with Crippen LogP contribution in [-0.4, -0.2) is 22.3 Å². The molecule has 3 nitrogen and oxygen atoms in total. The van der Waals surface area contributed by atoms with Crippen LogP contribution in [0.3, 0.4) is 0 Å². The maximum absolute atomic E-state index is 10.4. The van der Waals surface area contributed by atoms with E-state index in [0.717, 1.165) is 44.9 Å². The van der Waals surface area contributed by atoms with Gasteiger partial charge in [0.2, 0.25) is 0 Å². The number of allylic oxidation sites excluding steroid dienone is 1. The average molecular weight is 327 g/mol. The zero-order chi connectivity index (χ0) is 17.2. The summed E-state index contributed by atoms with van der Waals surface area (Å²) in [4.78, 5) is 10.4. The van der Waals surface area contributed by atoms with Crippen molar-refractivity contribution in [3.63, 3.8) is 0 Å². The van der Waals surface area contributed by atoms with Gasteiger partial charge in [-0.05, 0) is 32.1 Å². The van der Waals surface area contributed by atoms with Crippen molar-refractivity contribution in [2.75, 3.05) is 0 Å². The Morgan fingerprint density at radius 3 is 2.13 bits per heavy atom. The lowest BCUT2D eigenvalue weighted by Crippen LogP contribution is -2.04. The molecule has 0 saturated heterocycles. The molecule has 0 saturated carbocycles. The highest BCUT2D eigenvalue weighted by atomic mass is 16.4. The van der Waals surface area contributed by atoms with Crippen molar-refractivity contribution in [1.29, 1.82) is 0 Å². The van der Waals surface area contributed by atoms with Gasteiger partial charge in [-0.2, -0.15) is 0 Å². The van der Waals surface area contributed by atoms with Crippen molar-refractivity contribution in [1.82, 2.24) is 0 Å². The molecule has 136 valence electrons. The maximum atomic E-state index is 10.4. The first-order valence-corrected chi connectivity index (χ1v) is 9.71. The Hall–Kier alpha value is -0.830. The van der Waals surface area contributed by atoms with Gasteiger partial charge in [-0.3, -0.25) is 4.79 Å².